The molecule has 2 aliphatic heterocycles. The zero-order chi connectivity index (χ0) is 17.8. The van der Waals surface area contributed by atoms with Crippen LogP contribution in [0.1, 0.15) is 42.6 Å². The molecule has 1 fully saturated rings. The number of tetrazole rings is 1. The number of hydrogen-bond acceptors (Lipinski definition) is 5. The molecule has 1 aromatic heterocycles. The van der Waals surface area contributed by atoms with Gasteiger partial charge >= 0.3 is 0 Å². The van der Waals surface area contributed by atoms with Crippen molar-refractivity contribution in [3.63, 3.8) is 0 Å². The fourth-order valence-electron chi connectivity index (χ4n) is 3.89. The van der Waals surface area contributed by atoms with E-state index in [1.165, 1.54) is 36.8 Å². The summed E-state index contributed by atoms with van der Waals surface area (Å²) in [5, 5.41) is 12.0. The topological polar surface area (TPSA) is 67.2 Å². The van der Waals surface area contributed by atoms with Crippen molar-refractivity contribution >= 4 is 5.91 Å². The average molecular weight is 354 g/mol. The zero-order valence-electron chi connectivity index (χ0n) is 15.2. The maximum Gasteiger partial charge on any atom is 0.244 e. The minimum absolute atomic E-state index is 0.0870. The first kappa shape index (κ1) is 17.1. The number of carbonyl (C=O) groups is 1. The number of hydrogen-bond donors (Lipinski definition) is 0. The van der Waals surface area contributed by atoms with Crippen molar-refractivity contribution in [3.8, 4) is 0 Å². The van der Waals surface area contributed by atoms with E-state index in [-0.39, 0.29) is 12.5 Å². The van der Waals surface area contributed by atoms with Crippen LogP contribution >= 0.6 is 0 Å². The Morgan fingerprint density at radius 1 is 1.00 bits per heavy atom. The smallest absolute Gasteiger partial charge is 0.244 e. The van der Waals surface area contributed by atoms with Gasteiger partial charge in [-0.15, -0.1) is 5.10 Å². The van der Waals surface area contributed by atoms with Crippen LogP contribution in [0.3, 0.4) is 0 Å². The lowest BCUT2D eigenvalue weighted by Crippen LogP contribution is -2.38. The van der Waals surface area contributed by atoms with Crippen LogP contribution in [0.4, 0.5) is 0 Å². The molecule has 0 spiro atoms. The minimum Gasteiger partial charge on any atom is -0.336 e. The van der Waals surface area contributed by atoms with E-state index in [0.717, 1.165) is 38.4 Å². The first-order valence-corrected chi connectivity index (χ1v) is 9.61. The van der Waals surface area contributed by atoms with Crippen LogP contribution in [0.25, 0.3) is 0 Å². The van der Waals surface area contributed by atoms with E-state index >= 15 is 0 Å². The van der Waals surface area contributed by atoms with Crippen molar-refractivity contribution < 1.29 is 4.79 Å². The van der Waals surface area contributed by atoms with Crippen LogP contribution in [0.15, 0.2) is 24.3 Å². The molecule has 1 saturated heterocycles. The molecule has 3 heterocycles. The van der Waals surface area contributed by atoms with Gasteiger partial charge in [-0.1, -0.05) is 37.1 Å². The van der Waals surface area contributed by atoms with Crippen LogP contribution in [0, 0.1) is 0 Å². The highest BCUT2D eigenvalue weighted by Crippen LogP contribution is 2.19. The number of aromatic nitrogens is 4. The lowest BCUT2D eigenvalue weighted by atomic mass is 10.00. The highest BCUT2D eigenvalue weighted by molar-refractivity contribution is 5.76. The molecule has 4 rings (SSSR count). The van der Waals surface area contributed by atoms with Crippen LogP contribution in [-0.2, 0) is 30.8 Å². The van der Waals surface area contributed by atoms with E-state index in [9.17, 15) is 4.79 Å². The minimum atomic E-state index is 0.0870. The molecule has 1 aromatic carbocycles. The van der Waals surface area contributed by atoms with Gasteiger partial charge in [-0.2, -0.15) is 0 Å². The molecule has 2 aliphatic rings. The quantitative estimate of drug-likeness (QED) is 0.835. The average Bonchev–Trinajstić information content (AvgIpc) is 2.93. The molecule has 2 aromatic rings. The Morgan fingerprint density at radius 3 is 2.58 bits per heavy atom. The summed E-state index contributed by atoms with van der Waals surface area (Å²) in [5.41, 5.74) is 2.59. The fourth-order valence-corrected chi connectivity index (χ4v) is 3.89. The number of benzene rings is 1. The molecule has 7 nitrogen and oxygen atoms in total. The third kappa shape index (κ3) is 3.93. The maximum absolute atomic E-state index is 12.8. The third-order valence-electron chi connectivity index (χ3n) is 5.44. The van der Waals surface area contributed by atoms with Crippen LogP contribution in [-0.4, -0.2) is 55.5 Å². The van der Waals surface area contributed by atoms with Gasteiger partial charge in [-0.05, 0) is 53.9 Å². The molecule has 0 N–H and O–H groups in total. The molecule has 0 saturated carbocycles. The van der Waals surface area contributed by atoms with Gasteiger partial charge < -0.3 is 4.90 Å². The number of amides is 1. The molecular formula is C19H26N6O. The van der Waals surface area contributed by atoms with Crippen LogP contribution in [0.5, 0.6) is 0 Å². The normalized spacial score (nSPS) is 18.4. The highest BCUT2D eigenvalue weighted by Gasteiger charge is 2.22. The standard InChI is InChI=1S/C19H26N6O/c26-19(24-12-9-16-7-3-4-8-17(16)13-24)15-25-18(20-21-22-25)14-23-10-5-1-2-6-11-23/h3-4,7-8H,1-2,5-6,9-15H2. The number of rotatable bonds is 4. The van der Waals surface area contributed by atoms with Gasteiger partial charge in [0.05, 0.1) is 6.54 Å². The molecule has 0 unspecified atom stereocenters. The second kappa shape index (κ2) is 7.95. The lowest BCUT2D eigenvalue weighted by molar-refractivity contribution is -0.133. The van der Waals surface area contributed by atoms with E-state index in [1.54, 1.807) is 4.68 Å². The first-order valence-electron chi connectivity index (χ1n) is 9.61. The van der Waals surface area contributed by atoms with E-state index in [2.05, 4.69) is 38.6 Å². The van der Waals surface area contributed by atoms with E-state index in [0.29, 0.717) is 6.54 Å². The number of carbonyl (C=O) groups excluding carboxylic acids is 1. The molecule has 0 bridgehead atoms. The molecular weight excluding hydrogens is 328 g/mol. The Labute approximate surface area is 154 Å². The van der Waals surface area contributed by atoms with Gasteiger partial charge in [-0.25, -0.2) is 4.68 Å². The highest BCUT2D eigenvalue weighted by atomic mass is 16.2. The summed E-state index contributed by atoms with van der Waals surface area (Å²) in [6.07, 6.45) is 5.98. The monoisotopic (exact) mass is 354 g/mol. The van der Waals surface area contributed by atoms with Crippen molar-refractivity contribution in [1.29, 1.82) is 0 Å². The van der Waals surface area contributed by atoms with Crippen molar-refractivity contribution in [3.05, 3.63) is 41.2 Å². The summed E-state index contributed by atoms with van der Waals surface area (Å²) in [6, 6.07) is 8.36. The van der Waals surface area contributed by atoms with Gasteiger partial charge in [0.15, 0.2) is 5.82 Å². The van der Waals surface area contributed by atoms with Crippen molar-refractivity contribution in [2.24, 2.45) is 0 Å². The fraction of sp³-hybridized carbons (Fsp3) is 0.579. The molecule has 7 heteroatoms. The van der Waals surface area contributed by atoms with Gasteiger partial charge in [0.25, 0.3) is 0 Å². The van der Waals surface area contributed by atoms with E-state index in [4.69, 9.17) is 0 Å². The Kier molecular flexibility index (Phi) is 5.24. The van der Waals surface area contributed by atoms with E-state index in [1.807, 2.05) is 11.0 Å². The number of fused-ring (bicyclic) bond motifs is 1. The van der Waals surface area contributed by atoms with Crippen molar-refractivity contribution in [2.45, 2.75) is 51.7 Å². The summed E-state index contributed by atoms with van der Waals surface area (Å²) >= 11 is 0. The SMILES string of the molecule is O=C(Cn1nnnc1CN1CCCCCC1)N1CCc2ccccc2C1. The molecule has 138 valence electrons. The van der Waals surface area contributed by atoms with Crippen LogP contribution in [0.2, 0.25) is 0 Å². The number of likely N-dealkylation sites (tertiary alicyclic amines) is 1. The first-order chi connectivity index (χ1) is 12.8. The Bertz CT molecular complexity index is 750. The molecule has 1 amide bonds. The third-order valence-corrected chi connectivity index (χ3v) is 5.44. The van der Waals surface area contributed by atoms with Gasteiger partial charge in [0.1, 0.15) is 6.54 Å². The van der Waals surface area contributed by atoms with Crippen molar-refractivity contribution in [2.75, 3.05) is 19.6 Å². The summed E-state index contributed by atoms with van der Waals surface area (Å²) in [6.45, 7) is 4.56. The Balaban J connectivity index is 1.39. The van der Waals surface area contributed by atoms with Gasteiger partial charge in [-0.3, -0.25) is 9.69 Å². The predicted octanol–water partition coefficient (Wildman–Crippen LogP) is 1.63. The Morgan fingerprint density at radius 2 is 1.77 bits per heavy atom. The van der Waals surface area contributed by atoms with E-state index < -0.39 is 0 Å². The van der Waals surface area contributed by atoms with Gasteiger partial charge in [0.2, 0.25) is 5.91 Å². The predicted molar refractivity (Wildman–Crippen MR) is 97.1 cm³/mol. The number of nitrogens with zero attached hydrogens (tertiary/aromatic N) is 6. The summed E-state index contributed by atoms with van der Waals surface area (Å²) in [5.74, 6) is 0.876. The maximum atomic E-state index is 12.8. The zero-order valence-corrected chi connectivity index (χ0v) is 15.2. The molecule has 0 atom stereocenters. The molecule has 26 heavy (non-hydrogen) atoms. The lowest BCUT2D eigenvalue weighted by Gasteiger charge is -2.29. The van der Waals surface area contributed by atoms with Crippen molar-refractivity contribution in [1.82, 2.24) is 30.0 Å². The summed E-state index contributed by atoms with van der Waals surface area (Å²) in [4.78, 5) is 17.1. The van der Waals surface area contributed by atoms with Gasteiger partial charge in [0, 0.05) is 13.1 Å². The molecule has 0 aliphatic carbocycles. The van der Waals surface area contributed by atoms with Crippen LogP contribution < -0.4 is 0 Å². The Hall–Kier alpha value is -2.28. The summed E-state index contributed by atoms with van der Waals surface area (Å²) in [7, 11) is 0. The summed E-state index contributed by atoms with van der Waals surface area (Å²) < 4.78 is 1.67. The second-order valence-electron chi connectivity index (χ2n) is 7.28. The second-order valence-corrected chi connectivity index (χ2v) is 7.28. The molecule has 0 radical (unpaired) electrons. The largest absolute Gasteiger partial charge is 0.336 e.